The minimum Gasteiger partial charge on any atom is -0.312 e. The minimum atomic E-state index is 0.238. The molecule has 0 amide bonds. The molecular weight excluding hydrogens is 222 g/mol. The quantitative estimate of drug-likeness (QED) is 0.684. The predicted octanol–water partition coefficient (Wildman–Crippen LogP) is 2.43. The van der Waals surface area contributed by atoms with Crippen molar-refractivity contribution in [3.63, 3.8) is 0 Å². The largest absolute Gasteiger partial charge is 0.312 e. The number of rotatable bonds is 9. The van der Waals surface area contributed by atoms with Gasteiger partial charge in [-0.25, -0.2) is 0 Å². The van der Waals surface area contributed by atoms with Crippen LogP contribution in [0.25, 0.3) is 0 Å². The van der Waals surface area contributed by atoms with E-state index in [0.717, 1.165) is 13.1 Å². The van der Waals surface area contributed by atoms with Gasteiger partial charge in [0.1, 0.15) is 0 Å². The third kappa shape index (κ3) is 9.86. The molecule has 0 aromatic carbocycles. The summed E-state index contributed by atoms with van der Waals surface area (Å²) in [5, 5.41) is 3.57. The van der Waals surface area contributed by atoms with E-state index in [1.165, 1.54) is 25.9 Å². The molecule has 110 valence electrons. The van der Waals surface area contributed by atoms with Crippen LogP contribution in [-0.2, 0) is 0 Å². The highest BCUT2D eigenvalue weighted by Crippen LogP contribution is 2.06. The Bertz CT molecular complexity index is 196. The van der Waals surface area contributed by atoms with Crippen LogP contribution in [-0.4, -0.2) is 61.7 Å². The first kappa shape index (κ1) is 17.9. The van der Waals surface area contributed by atoms with Crippen molar-refractivity contribution >= 4 is 0 Å². The van der Waals surface area contributed by atoms with Crippen molar-refractivity contribution in [2.24, 2.45) is 0 Å². The lowest BCUT2D eigenvalue weighted by atomic mass is 10.1. The molecule has 0 saturated heterocycles. The van der Waals surface area contributed by atoms with E-state index >= 15 is 0 Å². The van der Waals surface area contributed by atoms with Crippen molar-refractivity contribution in [3.8, 4) is 0 Å². The Labute approximate surface area is 115 Å². The summed E-state index contributed by atoms with van der Waals surface area (Å²) in [7, 11) is 4.29. The zero-order valence-electron chi connectivity index (χ0n) is 13.7. The lowest BCUT2D eigenvalue weighted by Gasteiger charge is -2.30. The average molecular weight is 257 g/mol. The minimum absolute atomic E-state index is 0.238. The Morgan fingerprint density at radius 3 is 2.17 bits per heavy atom. The van der Waals surface area contributed by atoms with Crippen LogP contribution in [0, 0.1) is 0 Å². The lowest BCUT2D eigenvalue weighted by molar-refractivity contribution is 0.195. The molecular formula is C15H35N3. The fourth-order valence-electron chi connectivity index (χ4n) is 2.12. The second kappa shape index (κ2) is 8.89. The van der Waals surface area contributed by atoms with Gasteiger partial charge < -0.3 is 15.1 Å². The monoisotopic (exact) mass is 257 g/mol. The molecule has 0 aromatic heterocycles. The van der Waals surface area contributed by atoms with Crippen molar-refractivity contribution in [1.82, 2.24) is 15.1 Å². The summed E-state index contributed by atoms with van der Waals surface area (Å²) in [4.78, 5) is 4.85. The van der Waals surface area contributed by atoms with E-state index in [9.17, 15) is 0 Å². The molecule has 0 radical (unpaired) electrons. The van der Waals surface area contributed by atoms with Gasteiger partial charge in [0.25, 0.3) is 0 Å². The van der Waals surface area contributed by atoms with Crippen molar-refractivity contribution < 1.29 is 0 Å². The van der Waals surface area contributed by atoms with E-state index in [0.29, 0.717) is 6.04 Å². The summed E-state index contributed by atoms with van der Waals surface area (Å²) in [6, 6.07) is 0.673. The summed E-state index contributed by atoms with van der Waals surface area (Å²) < 4.78 is 0. The molecule has 3 nitrogen and oxygen atoms in total. The van der Waals surface area contributed by atoms with Crippen molar-refractivity contribution in [2.45, 2.75) is 59.0 Å². The SMILES string of the molecule is CCN(CCCN(C)C)C(C)CCNC(C)(C)C. The van der Waals surface area contributed by atoms with Gasteiger partial charge in [-0.2, -0.15) is 0 Å². The van der Waals surface area contributed by atoms with E-state index in [2.05, 4.69) is 63.8 Å². The summed E-state index contributed by atoms with van der Waals surface area (Å²) >= 11 is 0. The number of nitrogens with zero attached hydrogens (tertiary/aromatic N) is 2. The summed E-state index contributed by atoms with van der Waals surface area (Å²) in [5.41, 5.74) is 0.238. The molecule has 3 heteroatoms. The first-order chi connectivity index (χ1) is 8.26. The molecule has 18 heavy (non-hydrogen) atoms. The third-order valence-corrected chi connectivity index (χ3v) is 3.30. The molecule has 1 atom stereocenters. The Hall–Kier alpha value is -0.120. The zero-order chi connectivity index (χ0) is 14.2. The Balaban J connectivity index is 3.84. The lowest BCUT2D eigenvalue weighted by Crippen LogP contribution is -2.41. The third-order valence-electron chi connectivity index (χ3n) is 3.30. The molecule has 0 aliphatic rings. The van der Waals surface area contributed by atoms with E-state index in [-0.39, 0.29) is 5.54 Å². The van der Waals surface area contributed by atoms with Gasteiger partial charge in [-0.1, -0.05) is 6.92 Å². The van der Waals surface area contributed by atoms with Crippen LogP contribution in [0.1, 0.15) is 47.5 Å². The highest BCUT2D eigenvalue weighted by molar-refractivity contribution is 4.73. The number of nitrogens with one attached hydrogen (secondary N) is 1. The molecule has 0 saturated carbocycles. The Kier molecular flexibility index (Phi) is 8.83. The zero-order valence-corrected chi connectivity index (χ0v) is 13.7. The molecule has 0 bridgehead atoms. The van der Waals surface area contributed by atoms with Crippen molar-refractivity contribution in [3.05, 3.63) is 0 Å². The van der Waals surface area contributed by atoms with Crippen molar-refractivity contribution in [1.29, 1.82) is 0 Å². The van der Waals surface area contributed by atoms with Gasteiger partial charge in [-0.3, -0.25) is 0 Å². The summed E-state index contributed by atoms with van der Waals surface area (Å²) in [6.07, 6.45) is 2.49. The van der Waals surface area contributed by atoms with Gasteiger partial charge in [0.05, 0.1) is 0 Å². The van der Waals surface area contributed by atoms with Crippen LogP contribution in [0.15, 0.2) is 0 Å². The molecule has 0 rings (SSSR count). The standard InChI is InChI=1S/C15H35N3/c1-8-18(13-9-12-17(6)7)14(2)10-11-16-15(3,4)5/h14,16H,8-13H2,1-7H3. The van der Waals surface area contributed by atoms with Gasteiger partial charge >= 0.3 is 0 Å². The second-order valence-corrected chi connectivity index (χ2v) is 6.60. The smallest absolute Gasteiger partial charge is 0.00965 e. The first-order valence-corrected chi connectivity index (χ1v) is 7.40. The van der Waals surface area contributed by atoms with Gasteiger partial charge in [-0.15, -0.1) is 0 Å². The molecule has 0 aliphatic carbocycles. The van der Waals surface area contributed by atoms with Crippen LogP contribution in [0.2, 0.25) is 0 Å². The van der Waals surface area contributed by atoms with Gasteiger partial charge in [0.15, 0.2) is 0 Å². The topological polar surface area (TPSA) is 18.5 Å². The fraction of sp³-hybridized carbons (Fsp3) is 1.00. The fourth-order valence-corrected chi connectivity index (χ4v) is 2.12. The van der Waals surface area contributed by atoms with Crippen LogP contribution >= 0.6 is 0 Å². The van der Waals surface area contributed by atoms with Crippen LogP contribution in [0.5, 0.6) is 0 Å². The Morgan fingerprint density at radius 2 is 1.72 bits per heavy atom. The maximum absolute atomic E-state index is 3.57. The second-order valence-electron chi connectivity index (χ2n) is 6.60. The molecule has 0 fully saturated rings. The molecule has 0 aliphatic heterocycles. The van der Waals surface area contributed by atoms with E-state index < -0.39 is 0 Å². The van der Waals surface area contributed by atoms with Gasteiger partial charge in [0.2, 0.25) is 0 Å². The van der Waals surface area contributed by atoms with Crippen molar-refractivity contribution in [2.75, 3.05) is 40.3 Å². The molecule has 1 N–H and O–H groups in total. The van der Waals surface area contributed by atoms with Gasteiger partial charge in [-0.05, 0) is 80.8 Å². The highest BCUT2D eigenvalue weighted by atomic mass is 15.2. The normalized spacial score (nSPS) is 14.5. The van der Waals surface area contributed by atoms with Crippen LogP contribution < -0.4 is 5.32 Å². The van der Waals surface area contributed by atoms with Crippen LogP contribution in [0.3, 0.4) is 0 Å². The summed E-state index contributed by atoms with van der Waals surface area (Å²) in [5.74, 6) is 0. The van der Waals surface area contributed by atoms with E-state index in [1.54, 1.807) is 0 Å². The predicted molar refractivity (Wildman–Crippen MR) is 82.3 cm³/mol. The van der Waals surface area contributed by atoms with Gasteiger partial charge in [0, 0.05) is 11.6 Å². The molecule has 0 spiro atoms. The number of hydrogen-bond donors (Lipinski definition) is 1. The van der Waals surface area contributed by atoms with E-state index in [1.807, 2.05) is 0 Å². The van der Waals surface area contributed by atoms with Crippen LogP contribution in [0.4, 0.5) is 0 Å². The summed E-state index contributed by atoms with van der Waals surface area (Å²) in [6.45, 7) is 16.0. The molecule has 1 unspecified atom stereocenters. The average Bonchev–Trinajstić information content (AvgIpc) is 2.22. The highest BCUT2D eigenvalue weighted by Gasteiger charge is 2.13. The van der Waals surface area contributed by atoms with E-state index in [4.69, 9.17) is 0 Å². The maximum Gasteiger partial charge on any atom is 0.00965 e. The molecule has 0 aromatic rings. The Morgan fingerprint density at radius 1 is 1.11 bits per heavy atom. The first-order valence-electron chi connectivity index (χ1n) is 7.40. The number of hydrogen-bond acceptors (Lipinski definition) is 3. The maximum atomic E-state index is 3.57. The molecule has 0 heterocycles.